The molecule has 1 unspecified atom stereocenters. The summed E-state index contributed by atoms with van der Waals surface area (Å²) in [4.78, 5) is 9.29. The Morgan fingerprint density at radius 2 is 2.15 bits per heavy atom. The van der Waals surface area contributed by atoms with Crippen molar-refractivity contribution in [1.29, 1.82) is 0 Å². The number of hydrogen-bond acceptors (Lipinski definition) is 4. The van der Waals surface area contributed by atoms with E-state index in [-0.39, 0.29) is 0 Å². The largest absolute Gasteiger partial charge is 0.348 e. The minimum absolute atomic E-state index is 0.464. The first-order valence-corrected chi connectivity index (χ1v) is 7.75. The molecule has 5 heteroatoms. The normalized spacial score (nSPS) is 12.7. The molecule has 2 rings (SSSR count). The maximum atomic E-state index is 4.43. The molecule has 20 heavy (non-hydrogen) atoms. The van der Waals surface area contributed by atoms with Gasteiger partial charge in [0, 0.05) is 43.5 Å². The van der Waals surface area contributed by atoms with Crippen LogP contribution < -0.4 is 10.2 Å². The van der Waals surface area contributed by atoms with Crippen LogP contribution in [0.15, 0.2) is 18.3 Å². The van der Waals surface area contributed by atoms with Gasteiger partial charge in [-0.05, 0) is 32.4 Å². The van der Waals surface area contributed by atoms with E-state index < -0.39 is 0 Å². The number of imidazole rings is 1. The number of aryl methyl sites for hydroxylation is 1. The molecule has 4 nitrogen and oxygen atoms in total. The molecule has 1 N–H and O–H groups in total. The van der Waals surface area contributed by atoms with Crippen molar-refractivity contribution in [1.82, 2.24) is 14.9 Å². The van der Waals surface area contributed by atoms with Crippen molar-refractivity contribution in [2.75, 3.05) is 19.0 Å². The average molecular weight is 292 g/mol. The first-order valence-electron chi connectivity index (χ1n) is 6.94. The van der Waals surface area contributed by atoms with Crippen LogP contribution in [-0.2, 0) is 20.0 Å². The predicted molar refractivity (Wildman–Crippen MR) is 86.6 cm³/mol. The van der Waals surface area contributed by atoms with Gasteiger partial charge in [-0.25, -0.2) is 4.98 Å². The third-order valence-corrected chi connectivity index (χ3v) is 4.42. The van der Waals surface area contributed by atoms with Crippen molar-refractivity contribution in [2.45, 2.75) is 32.9 Å². The van der Waals surface area contributed by atoms with Crippen LogP contribution in [0.2, 0.25) is 0 Å². The van der Waals surface area contributed by atoms with Crippen LogP contribution in [0.5, 0.6) is 0 Å². The fraction of sp³-hybridized carbons (Fsp3) is 0.533. The van der Waals surface area contributed by atoms with Gasteiger partial charge >= 0.3 is 0 Å². The Balaban J connectivity index is 1.88. The van der Waals surface area contributed by atoms with E-state index in [4.69, 9.17) is 0 Å². The summed E-state index contributed by atoms with van der Waals surface area (Å²) in [6.45, 7) is 5.24. The Morgan fingerprint density at radius 3 is 2.70 bits per heavy atom. The lowest BCUT2D eigenvalue weighted by Gasteiger charge is -2.15. The molecule has 0 radical (unpaired) electrons. The number of rotatable bonds is 6. The first kappa shape index (κ1) is 15.1. The zero-order chi connectivity index (χ0) is 14.7. The molecule has 110 valence electrons. The number of nitrogens with one attached hydrogen (secondary N) is 1. The monoisotopic (exact) mass is 292 g/mol. The van der Waals surface area contributed by atoms with Crippen molar-refractivity contribution in [3.05, 3.63) is 33.8 Å². The van der Waals surface area contributed by atoms with Crippen molar-refractivity contribution >= 4 is 17.3 Å². The SMILES string of the molecule is Cc1ccc(CC(C)NCc2cnc(N(C)C)n2C)s1. The van der Waals surface area contributed by atoms with Gasteiger partial charge in [0.15, 0.2) is 0 Å². The van der Waals surface area contributed by atoms with Gasteiger partial charge in [-0.2, -0.15) is 0 Å². The summed E-state index contributed by atoms with van der Waals surface area (Å²) in [5, 5.41) is 3.58. The van der Waals surface area contributed by atoms with Gasteiger partial charge in [0.1, 0.15) is 0 Å². The van der Waals surface area contributed by atoms with Crippen LogP contribution in [0, 0.1) is 6.92 Å². The maximum absolute atomic E-state index is 4.43. The Kier molecular flexibility index (Phi) is 4.83. The summed E-state index contributed by atoms with van der Waals surface area (Å²) < 4.78 is 2.13. The minimum Gasteiger partial charge on any atom is -0.348 e. The first-order chi connectivity index (χ1) is 9.47. The van der Waals surface area contributed by atoms with Gasteiger partial charge in [-0.15, -0.1) is 11.3 Å². The molecule has 0 aliphatic rings. The lowest BCUT2D eigenvalue weighted by Crippen LogP contribution is -2.28. The van der Waals surface area contributed by atoms with E-state index >= 15 is 0 Å². The van der Waals surface area contributed by atoms with Gasteiger partial charge in [0.05, 0.1) is 11.9 Å². The van der Waals surface area contributed by atoms with E-state index in [0.717, 1.165) is 18.9 Å². The van der Waals surface area contributed by atoms with Crippen LogP contribution in [0.1, 0.15) is 22.4 Å². The van der Waals surface area contributed by atoms with Gasteiger partial charge in [-0.3, -0.25) is 0 Å². The van der Waals surface area contributed by atoms with Crippen molar-refractivity contribution in [2.24, 2.45) is 7.05 Å². The fourth-order valence-corrected chi connectivity index (χ4v) is 3.28. The second-order valence-corrected chi connectivity index (χ2v) is 6.87. The van der Waals surface area contributed by atoms with E-state index in [1.165, 1.54) is 15.4 Å². The smallest absolute Gasteiger partial charge is 0.204 e. The second-order valence-electron chi connectivity index (χ2n) is 5.50. The van der Waals surface area contributed by atoms with E-state index in [1.54, 1.807) is 0 Å². The summed E-state index contributed by atoms with van der Waals surface area (Å²) in [5.41, 5.74) is 1.21. The molecule has 0 saturated heterocycles. The standard InChI is InChI=1S/C15H24N4S/c1-11(8-14-7-6-12(2)20-14)16-9-13-10-17-15(18(3)4)19(13)5/h6-7,10-11,16H,8-9H2,1-5H3. The summed E-state index contributed by atoms with van der Waals surface area (Å²) >= 11 is 1.88. The molecule has 2 aromatic rings. The van der Waals surface area contributed by atoms with Crippen LogP contribution in [0.25, 0.3) is 0 Å². The third-order valence-electron chi connectivity index (χ3n) is 3.39. The van der Waals surface area contributed by atoms with Crippen LogP contribution >= 0.6 is 11.3 Å². The minimum atomic E-state index is 0.464. The number of nitrogens with zero attached hydrogens (tertiary/aromatic N) is 3. The molecule has 0 fully saturated rings. The molecule has 0 aromatic carbocycles. The van der Waals surface area contributed by atoms with E-state index in [9.17, 15) is 0 Å². The van der Waals surface area contributed by atoms with Crippen LogP contribution in [-0.4, -0.2) is 29.7 Å². The quantitative estimate of drug-likeness (QED) is 0.888. The maximum Gasteiger partial charge on any atom is 0.204 e. The molecule has 0 aliphatic heterocycles. The van der Waals surface area contributed by atoms with E-state index in [2.05, 4.69) is 47.9 Å². The summed E-state index contributed by atoms with van der Waals surface area (Å²) in [6, 6.07) is 4.88. The van der Waals surface area contributed by atoms with Gasteiger partial charge in [-0.1, -0.05) is 0 Å². The van der Waals surface area contributed by atoms with E-state index in [1.807, 2.05) is 36.5 Å². The van der Waals surface area contributed by atoms with Gasteiger partial charge in [0.25, 0.3) is 0 Å². The highest BCUT2D eigenvalue weighted by molar-refractivity contribution is 7.11. The van der Waals surface area contributed by atoms with E-state index in [0.29, 0.717) is 6.04 Å². The highest BCUT2D eigenvalue weighted by Gasteiger charge is 2.10. The summed E-state index contributed by atoms with van der Waals surface area (Å²) in [5.74, 6) is 0.989. The molecule has 0 aliphatic carbocycles. The highest BCUT2D eigenvalue weighted by Crippen LogP contribution is 2.17. The Labute approximate surface area is 125 Å². The molecule has 0 bridgehead atoms. The molecular weight excluding hydrogens is 268 g/mol. The zero-order valence-electron chi connectivity index (χ0n) is 13.0. The molecular formula is C15H24N4S. The predicted octanol–water partition coefficient (Wildman–Crippen LogP) is 2.58. The topological polar surface area (TPSA) is 33.1 Å². The van der Waals surface area contributed by atoms with Crippen LogP contribution in [0.3, 0.4) is 0 Å². The zero-order valence-corrected chi connectivity index (χ0v) is 13.8. The average Bonchev–Trinajstić information content (AvgIpc) is 2.93. The summed E-state index contributed by atoms with van der Waals surface area (Å²) in [7, 11) is 6.09. The van der Waals surface area contributed by atoms with Crippen LogP contribution in [0.4, 0.5) is 5.95 Å². The molecule has 2 aromatic heterocycles. The molecule has 2 heterocycles. The Hall–Kier alpha value is -1.33. The molecule has 1 atom stereocenters. The van der Waals surface area contributed by atoms with Gasteiger partial charge in [0.2, 0.25) is 5.95 Å². The number of hydrogen-bond donors (Lipinski definition) is 1. The summed E-state index contributed by atoms with van der Waals surface area (Å²) in [6.07, 6.45) is 3.03. The number of thiophene rings is 1. The van der Waals surface area contributed by atoms with Crippen molar-refractivity contribution in [3.8, 4) is 0 Å². The third kappa shape index (κ3) is 3.61. The van der Waals surface area contributed by atoms with Crippen molar-refractivity contribution < 1.29 is 0 Å². The lowest BCUT2D eigenvalue weighted by atomic mass is 10.2. The molecule has 0 saturated carbocycles. The highest BCUT2D eigenvalue weighted by atomic mass is 32.1. The molecule has 0 spiro atoms. The number of aromatic nitrogens is 2. The fourth-order valence-electron chi connectivity index (χ4n) is 2.26. The van der Waals surface area contributed by atoms with Gasteiger partial charge < -0.3 is 14.8 Å². The lowest BCUT2D eigenvalue weighted by molar-refractivity contribution is 0.535. The number of anilines is 1. The Bertz CT molecular complexity index is 556. The molecule has 0 amide bonds. The Morgan fingerprint density at radius 1 is 1.40 bits per heavy atom. The van der Waals surface area contributed by atoms with Crippen molar-refractivity contribution in [3.63, 3.8) is 0 Å². The second kappa shape index (κ2) is 6.41.